The van der Waals surface area contributed by atoms with Gasteiger partial charge in [-0.05, 0) is 12.1 Å². The summed E-state index contributed by atoms with van der Waals surface area (Å²) in [6.07, 6.45) is 1.10. The molecule has 2 N–H and O–H groups in total. The highest BCUT2D eigenvalue weighted by atomic mass is 32.2. The first-order valence-electron chi connectivity index (χ1n) is 4.06. The molecule has 0 atom stereocenters. The largest absolute Gasteiger partial charge is 0.242 e. The van der Waals surface area contributed by atoms with E-state index in [0.717, 1.165) is 12.3 Å². The molecule has 16 heavy (non-hydrogen) atoms. The minimum atomic E-state index is -4.07. The van der Waals surface area contributed by atoms with E-state index in [0.29, 0.717) is 0 Å². The van der Waals surface area contributed by atoms with Gasteiger partial charge < -0.3 is 0 Å². The Labute approximate surface area is 92.3 Å². The molecule has 1 aromatic rings. The van der Waals surface area contributed by atoms with Crippen molar-refractivity contribution >= 4 is 19.9 Å². The maximum atomic E-state index is 13.1. The van der Waals surface area contributed by atoms with E-state index in [-0.39, 0.29) is 0 Å². The van der Waals surface area contributed by atoms with Crippen LogP contribution in [-0.4, -0.2) is 33.3 Å². The van der Waals surface area contributed by atoms with Gasteiger partial charge in [0.1, 0.15) is 0 Å². The van der Waals surface area contributed by atoms with Crippen LogP contribution in [0.1, 0.15) is 0 Å². The van der Waals surface area contributed by atoms with Crippen molar-refractivity contribution < 1.29 is 21.2 Å². The van der Waals surface area contributed by atoms with Crippen molar-refractivity contribution in [2.24, 2.45) is 5.14 Å². The van der Waals surface area contributed by atoms with Crippen LogP contribution in [0.4, 0.5) is 4.39 Å². The lowest BCUT2D eigenvalue weighted by molar-refractivity contribution is 0.553. The molecule has 0 fully saturated rings. The summed E-state index contributed by atoms with van der Waals surface area (Å²) in [5.41, 5.74) is 0. The summed E-state index contributed by atoms with van der Waals surface area (Å²) in [7, 11) is -7.98. The number of sulfonamides is 1. The molecule has 0 saturated carbocycles. The fourth-order valence-corrected chi connectivity index (χ4v) is 3.51. The number of nitrogens with zero attached hydrogens (tertiary/aromatic N) is 1. The van der Waals surface area contributed by atoms with Crippen LogP contribution >= 0.6 is 0 Å². The molecule has 9 heteroatoms. The van der Waals surface area contributed by atoms with Crippen molar-refractivity contribution in [1.82, 2.24) is 4.98 Å². The number of aromatic nitrogens is 1. The van der Waals surface area contributed by atoms with Gasteiger partial charge in [-0.25, -0.2) is 31.3 Å². The minimum Gasteiger partial charge on any atom is -0.242 e. The Morgan fingerprint density at radius 1 is 1.25 bits per heavy atom. The van der Waals surface area contributed by atoms with Gasteiger partial charge in [-0.2, -0.15) is 0 Å². The second-order valence-corrected chi connectivity index (χ2v) is 6.73. The fraction of sp³-hybridized carbons (Fsp3) is 0.286. The van der Waals surface area contributed by atoms with Crippen molar-refractivity contribution in [2.45, 2.75) is 5.03 Å². The van der Waals surface area contributed by atoms with Gasteiger partial charge in [0.05, 0.1) is 11.5 Å². The Morgan fingerprint density at radius 2 is 1.88 bits per heavy atom. The van der Waals surface area contributed by atoms with Crippen LogP contribution in [0.25, 0.3) is 0 Å². The third-order valence-corrected chi connectivity index (χ3v) is 4.32. The molecule has 90 valence electrons. The molecule has 0 bridgehead atoms. The number of hydrogen-bond acceptors (Lipinski definition) is 5. The van der Waals surface area contributed by atoms with Crippen LogP contribution in [0.3, 0.4) is 0 Å². The molecule has 0 radical (unpaired) electrons. The maximum absolute atomic E-state index is 13.1. The van der Waals surface area contributed by atoms with Crippen molar-refractivity contribution in [3.8, 4) is 0 Å². The zero-order valence-electron chi connectivity index (χ0n) is 8.00. The van der Waals surface area contributed by atoms with Crippen LogP contribution in [0.2, 0.25) is 0 Å². The molecule has 1 aromatic heterocycles. The van der Waals surface area contributed by atoms with Gasteiger partial charge in [0, 0.05) is 6.20 Å². The number of pyridine rings is 1. The monoisotopic (exact) mass is 268 g/mol. The molecule has 1 heterocycles. The zero-order chi connectivity index (χ0) is 12.4. The molecular formula is C7H9FN2O4S2. The number of nitrogens with two attached hydrogens (primary N) is 1. The van der Waals surface area contributed by atoms with E-state index >= 15 is 0 Å². The van der Waals surface area contributed by atoms with Crippen molar-refractivity contribution in [3.05, 3.63) is 24.1 Å². The molecule has 0 aliphatic rings. The normalized spacial score (nSPS) is 12.6. The average molecular weight is 268 g/mol. The van der Waals surface area contributed by atoms with Crippen LogP contribution in [-0.2, 0) is 19.9 Å². The molecule has 6 nitrogen and oxygen atoms in total. The lowest BCUT2D eigenvalue weighted by Gasteiger charge is -2.03. The summed E-state index contributed by atoms with van der Waals surface area (Å²) >= 11 is 0. The summed E-state index contributed by atoms with van der Waals surface area (Å²) in [5, 5.41) is 3.89. The van der Waals surface area contributed by atoms with E-state index in [9.17, 15) is 21.2 Å². The summed E-state index contributed by atoms with van der Waals surface area (Å²) in [4.78, 5) is 3.35. The molecule has 1 rings (SSSR count). The SMILES string of the molecule is NS(=O)(=O)CCS(=O)(=O)c1ncccc1F. The second-order valence-electron chi connectivity index (χ2n) is 2.98. The van der Waals surface area contributed by atoms with E-state index < -0.39 is 42.2 Å². The highest BCUT2D eigenvalue weighted by Crippen LogP contribution is 2.11. The smallest absolute Gasteiger partial charge is 0.210 e. The standard InChI is InChI=1S/C7H9FN2O4S2/c8-6-2-1-3-10-7(6)15(11,12)4-5-16(9,13)14/h1-3H,4-5H2,(H2,9,13,14). The Hall–Kier alpha value is -1.06. The minimum absolute atomic E-state index is 0.765. The Morgan fingerprint density at radius 3 is 2.38 bits per heavy atom. The third-order valence-electron chi connectivity index (χ3n) is 1.66. The Kier molecular flexibility index (Phi) is 3.61. The molecule has 0 aliphatic heterocycles. The van der Waals surface area contributed by atoms with Crippen molar-refractivity contribution in [1.29, 1.82) is 0 Å². The number of primary sulfonamides is 1. The van der Waals surface area contributed by atoms with E-state index in [1.54, 1.807) is 0 Å². The Balaban J connectivity index is 3.01. The molecule has 0 amide bonds. The van der Waals surface area contributed by atoms with Gasteiger partial charge in [-0.1, -0.05) is 0 Å². The van der Waals surface area contributed by atoms with Crippen LogP contribution < -0.4 is 5.14 Å². The number of rotatable bonds is 4. The van der Waals surface area contributed by atoms with Gasteiger partial charge in [0.2, 0.25) is 10.0 Å². The predicted molar refractivity (Wildman–Crippen MR) is 54.2 cm³/mol. The van der Waals surface area contributed by atoms with Gasteiger partial charge in [-0.15, -0.1) is 0 Å². The maximum Gasteiger partial charge on any atom is 0.210 e. The first-order chi connectivity index (χ1) is 7.22. The van der Waals surface area contributed by atoms with Crippen LogP contribution in [0, 0.1) is 5.82 Å². The van der Waals surface area contributed by atoms with Crippen molar-refractivity contribution in [2.75, 3.05) is 11.5 Å². The highest BCUT2D eigenvalue weighted by molar-refractivity contribution is 7.94. The van der Waals surface area contributed by atoms with Crippen molar-refractivity contribution in [3.63, 3.8) is 0 Å². The van der Waals surface area contributed by atoms with Crippen LogP contribution in [0.5, 0.6) is 0 Å². The van der Waals surface area contributed by atoms with Gasteiger partial charge in [0.25, 0.3) is 0 Å². The molecule has 0 saturated heterocycles. The first kappa shape index (κ1) is 13.0. The van der Waals surface area contributed by atoms with Gasteiger partial charge in [-0.3, -0.25) is 0 Å². The van der Waals surface area contributed by atoms with E-state index in [1.807, 2.05) is 0 Å². The summed E-state index contributed by atoms with van der Waals surface area (Å²) in [6.45, 7) is 0. The second kappa shape index (κ2) is 4.44. The summed E-state index contributed by atoms with van der Waals surface area (Å²) < 4.78 is 57.2. The topological polar surface area (TPSA) is 107 Å². The first-order valence-corrected chi connectivity index (χ1v) is 7.43. The Bertz CT molecular complexity index is 582. The zero-order valence-corrected chi connectivity index (χ0v) is 9.63. The third kappa shape index (κ3) is 3.51. The number of hydrogen-bond donors (Lipinski definition) is 1. The van der Waals surface area contributed by atoms with Crippen LogP contribution in [0.15, 0.2) is 23.4 Å². The highest BCUT2D eigenvalue weighted by Gasteiger charge is 2.22. The van der Waals surface area contributed by atoms with Gasteiger partial charge >= 0.3 is 0 Å². The summed E-state index contributed by atoms with van der Waals surface area (Å²) in [5.74, 6) is -2.58. The number of halogens is 1. The van der Waals surface area contributed by atoms with E-state index in [4.69, 9.17) is 0 Å². The molecular weight excluding hydrogens is 259 g/mol. The quantitative estimate of drug-likeness (QED) is 0.775. The van der Waals surface area contributed by atoms with E-state index in [1.165, 1.54) is 6.07 Å². The predicted octanol–water partition coefficient (Wildman–Crippen LogP) is -0.717. The fourth-order valence-electron chi connectivity index (χ4n) is 0.923. The lowest BCUT2D eigenvalue weighted by atomic mass is 10.5. The summed E-state index contributed by atoms with van der Waals surface area (Å²) in [6, 6.07) is 2.16. The molecule has 0 unspecified atom stereocenters. The lowest BCUT2D eigenvalue weighted by Crippen LogP contribution is -2.24. The average Bonchev–Trinajstić information content (AvgIpc) is 2.14. The molecule has 0 aromatic carbocycles. The molecule has 0 aliphatic carbocycles. The van der Waals surface area contributed by atoms with Gasteiger partial charge in [0.15, 0.2) is 20.7 Å². The number of sulfone groups is 1. The van der Waals surface area contributed by atoms with E-state index in [2.05, 4.69) is 10.1 Å². The molecule has 0 spiro atoms.